The number of rotatable bonds is 4. The number of piperidine rings is 1. The van der Waals surface area contributed by atoms with Gasteiger partial charge in [0.1, 0.15) is 0 Å². The van der Waals surface area contributed by atoms with E-state index >= 15 is 0 Å². The van der Waals surface area contributed by atoms with Gasteiger partial charge in [-0.15, -0.1) is 0 Å². The van der Waals surface area contributed by atoms with Gasteiger partial charge in [-0.05, 0) is 56.8 Å². The van der Waals surface area contributed by atoms with Gasteiger partial charge < -0.3 is 10.2 Å². The van der Waals surface area contributed by atoms with Gasteiger partial charge in [-0.3, -0.25) is 0 Å². The molecule has 1 fully saturated rings. The summed E-state index contributed by atoms with van der Waals surface area (Å²) >= 11 is 0. The Morgan fingerprint density at radius 1 is 1.18 bits per heavy atom. The van der Waals surface area contributed by atoms with Crippen molar-refractivity contribution in [3.63, 3.8) is 0 Å². The molecule has 1 N–H and O–H groups in total. The van der Waals surface area contributed by atoms with Crippen LogP contribution in [-0.2, 0) is 0 Å². The van der Waals surface area contributed by atoms with Gasteiger partial charge in [0, 0.05) is 25.3 Å². The molecular formula is C15H24N2. The average Bonchev–Trinajstić information content (AvgIpc) is 2.42. The van der Waals surface area contributed by atoms with Crippen LogP contribution in [-0.4, -0.2) is 26.2 Å². The highest BCUT2D eigenvalue weighted by molar-refractivity contribution is 5.48. The maximum Gasteiger partial charge on any atom is 0.0366 e. The second-order valence-corrected chi connectivity index (χ2v) is 4.81. The van der Waals surface area contributed by atoms with Gasteiger partial charge in [-0.2, -0.15) is 0 Å². The summed E-state index contributed by atoms with van der Waals surface area (Å²) < 4.78 is 0. The van der Waals surface area contributed by atoms with Crippen molar-refractivity contribution in [2.45, 2.75) is 32.6 Å². The first kappa shape index (κ1) is 12.4. The summed E-state index contributed by atoms with van der Waals surface area (Å²) in [5.41, 5.74) is 2.84. The average molecular weight is 232 g/mol. The quantitative estimate of drug-likeness (QED) is 0.858. The smallest absolute Gasteiger partial charge is 0.0366 e. The molecule has 0 spiro atoms. The van der Waals surface area contributed by atoms with Crippen LogP contribution in [0, 0.1) is 0 Å². The molecule has 1 unspecified atom stereocenters. The van der Waals surface area contributed by atoms with Crippen LogP contribution in [0.5, 0.6) is 0 Å². The standard InChI is InChI=1S/C15H24N2/c1-3-17(4-2)15-9-7-13(8-10-15)14-6-5-11-16-12-14/h7-10,14,16H,3-6,11-12H2,1-2H3. The molecule has 0 bridgehead atoms. The topological polar surface area (TPSA) is 15.3 Å². The summed E-state index contributed by atoms with van der Waals surface area (Å²) in [4.78, 5) is 2.39. The highest BCUT2D eigenvalue weighted by Gasteiger charge is 2.14. The molecule has 0 saturated carbocycles. The second-order valence-electron chi connectivity index (χ2n) is 4.81. The van der Waals surface area contributed by atoms with Gasteiger partial charge in [0.05, 0.1) is 0 Å². The predicted octanol–water partition coefficient (Wildman–Crippen LogP) is 3.00. The molecule has 0 radical (unpaired) electrons. The van der Waals surface area contributed by atoms with Crippen LogP contribution in [0.2, 0.25) is 0 Å². The van der Waals surface area contributed by atoms with Crippen LogP contribution >= 0.6 is 0 Å². The van der Waals surface area contributed by atoms with E-state index in [2.05, 4.69) is 48.3 Å². The Labute approximate surface area is 105 Å². The van der Waals surface area contributed by atoms with Crippen molar-refractivity contribution in [1.82, 2.24) is 5.32 Å². The van der Waals surface area contributed by atoms with Gasteiger partial charge in [0.15, 0.2) is 0 Å². The van der Waals surface area contributed by atoms with Crippen molar-refractivity contribution in [3.8, 4) is 0 Å². The zero-order valence-electron chi connectivity index (χ0n) is 11.1. The van der Waals surface area contributed by atoms with Crippen LogP contribution in [0.3, 0.4) is 0 Å². The molecule has 1 atom stereocenters. The van der Waals surface area contributed by atoms with E-state index in [-0.39, 0.29) is 0 Å². The number of nitrogens with one attached hydrogen (secondary N) is 1. The van der Waals surface area contributed by atoms with Gasteiger partial charge in [-0.1, -0.05) is 12.1 Å². The zero-order valence-corrected chi connectivity index (χ0v) is 11.1. The predicted molar refractivity (Wildman–Crippen MR) is 74.8 cm³/mol. The van der Waals surface area contributed by atoms with Crippen LogP contribution in [0.15, 0.2) is 24.3 Å². The Morgan fingerprint density at radius 3 is 2.41 bits per heavy atom. The maximum absolute atomic E-state index is 3.48. The Hall–Kier alpha value is -1.02. The number of hydrogen-bond donors (Lipinski definition) is 1. The molecule has 94 valence electrons. The first-order chi connectivity index (χ1) is 8.35. The molecule has 1 heterocycles. The normalized spacial score (nSPS) is 20.2. The third kappa shape index (κ3) is 3.01. The van der Waals surface area contributed by atoms with Crippen LogP contribution in [0.1, 0.15) is 38.2 Å². The molecule has 17 heavy (non-hydrogen) atoms. The molecular weight excluding hydrogens is 208 g/mol. The Kier molecular flexibility index (Phi) is 4.43. The van der Waals surface area contributed by atoms with Gasteiger partial charge >= 0.3 is 0 Å². The molecule has 2 rings (SSSR count). The van der Waals surface area contributed by atoms with E-state index in [4.69, 9.17) is 0 Å². The van der Waals surface area contributed by atoms with E-state index in [9.17, 15) is 0 Å². The molecule has 2 heteroatoms. The van der Waals surface area contributed by atoms with Crippen LogP contribution in [0.4, 0.5) is 5.69 Å². The summed E-state index contributed by atoms with van der Waals surface area (Å²) in [6.07, 6.45) is 2.64. The van der Waals surface area contributed by atoms with Crippen LogP contribution in [0.25, 0.3) is 0 Å². The fourth-order valence-electron chi connectivity index (χ4n) is 2.68. The summed E-state index contributed by atoms with van der Waals surface area (Å²) in [6.45, 7) is 8.92. The summed E-state index contributed by atoms with van der Waals surface area (Å²) in [5, 5.41) is 3.48. The Balaban J connectivity index is 2.06. The third-order valence-electron chi connectivity index (χ3n) is 3.79. The number of hydrogen-bond acceptors (Lipinski definition) is 2. The van der Waals surface area contributed by atoms with E-state index in [1.165, 1.54) is 30.6 Å². The first-order valence-electron chi connectivity index (χ1n) is 6.90. The molecule has 0 aromatic heterocycles. The van der Waals surface area contributed by atoms with E-state index in [1.807, 2.05) is 0 Å². The summed E-state index contributed by atoms with van der Waals surface area (Å²) in [5.74, 6) is 0.717. The largest absolute Gasteiger partial charge is 0.372 e. The summed E-state index contributed by atoms with van der Waals surface area (Å²) in [6, 6.07) is 9.17. The SMILES string of the molecule is CCN(CC)c1ccc(C2CCCNC2)cc1. The van der Waals surface area contributed by atoms with Crippen molar-refractivity contribution in [3.05, 3.63) is 29.8 Å². The van der Waals surface area contributed by atoms with Gasteiger partial charge in [0.2, 0.25) is 0 Å². The lowest BCUT2D eigenvalue weighted by atomic mass is 9.91. The van der Waals surface area contributed by atoms with E-state index < -0.39 is 0 Å². The van der Waals surface area contributed by atoms with Crippen molar-refractivity contribution in [1.29, 1.82) is 0 Å². The Bertz CT molecular complexity index is 321. The lowest BCUT2D eigenvalue weighted by molar-refractivity contribution is 0.461. The molecule has 0 amide bonds. The van der Waals surface area contributed by atoms with Crippen molar-refractivity contribution in [2.75, 3.05) is 31.1 Å². The lowest BCUT2D eigenvalue weighted by Crippen LogP contribution is -2.28. The first-order valence-corrected chi connectivity index (χ1v) is 6.90. The monoisotopic (exact) mass is 232 g/mol. The number of benzene rings is 1. The van der Waals surface area contributed by atoms with Crippen molar-refractivity contribution in [2.24, 2.45) is 0 Å². The molecule has 1 saturated heterocycles. The molecule has 1 aliphatic rings. The minimum atomic E-state index is 0.717. The fourth-order valence-corrected chi connectivity index (χ4v) is 2.68. The lowest BCUT2D eigenvalue weighted by Gasteiger charge is -2.25. The molecule has 0 aliphatic carbocycles. The molecule has 1 aliphatic heterocycles. The molecule has 1 aromatic rings. The van der Waals surface area contributed by atoms with E-state index in [0.29, 0.717) is 0 Å². The fraction of sp³-hybridized carbons (Fsp3) is 0.600. The highest BCUT2D eigenvalue weighted by atomic mass is 15.1. The van der Waals surface area contributed by atoms with Crippen LogP contribution < -0.4 is 10.2 Å². The van der Waals surface area contributed by atoms with Crippen molar-refractivity contribution < 1.29 is 0 Å². The molecule has 1 aromatic carbocycles. The maximum atomic E-state index is 3.48. The van der Waals surface area contributed by atoms with Gasteiger partial charge in [-0.25, -0.2) is 0 Å². The third-order valence-corrected chi connectivity index (χ3v) is 3.79. The number of nitrogens with zero attached hydrogens (tertiary/aromatic N) is 1. The van der Waals surface area contributed by atoms with E-state index in [1.54, 1.807) is 0 Å². The second kappa shape index (κ2) is 6.06. The number of anilines is 1. The highest BCUT2D eigenvalue weighted by Crippen LogP contribution is 2.25. The Morgan fingerprint density at radius 2 is 1.88 bits per heavy atom. The summed E-state index contributed by atoms with van der Waals surface area (Å²) in [7, 11) is 0. The molecule has 2 nitrogen and oxygen atoms in total. The zero-order chi connectivity index (χ0) is 12.1. The van der Waals surface area contributed by atoms with Gasteiger partial charge in [0.25, 0.3) is 0 Å². The van der Waals surface area contributed by atoms with Crippen molar-refractivity contribution >= 4 is 5.69 Å². The minimum Gasteiger partial charge on any atom is -0.372 e. The van der Waals surface area contributed by atoms with E-state index in [0.717, 1.165) is 25.6 Å². The minimum absolute atomic E-state index is 0.717.